The van der Waals surface area contributed by atoms with Crippen molar-refractivity contribution in [3.05, 3.63) is 36.0 Å². The van der Waals surface area contributed by atoms with Gasteiger partial charge in [0.1, 0.15) is 0 Å². The van der Waals surface area contributed by atoms with Crippen LogP contribution in [0.3, 0.4) is 0 Å². The summed E-state index contributed by atoms with van der Waals surface area (Å²) in [6, 6.07) is 0.00217. The maximum absolute atomic E-state index is 9.75. The first kappa shape index (κ1) is 12.2. The Bertz CT molecular complexity index is 290. The summed E-state index contributed by atoms with van der Waals surface area (Å²) < 4.78 is 4.97. The lowest BCUT2D eigenvalue weighted by molar-refractivity contribution is 0.164. The van der Waals surface area contributed by atoms with Crippen LogP contribution in [0.25, 0.3) is 0 Å². The number of hydrogen-bond donors (Lipinski definition) is 2. The third-order valence-corrected chi connectivity index (χ3v) is 2.26. The molecule has 0 saturated carbocycles. The van der Waals surface area contributed by atoms with Crippen LogP contribution in [0.15, 0.2) is 36.0 Å². The summed E-state index contributed by atoms with van der Waals surface area (Å²) in [4.78, 5) is 0. The first-order valence-electron chi connectivity index (χ1n) is 5.08. The summed E-state index contributed by atoms with van der Waals surface area (Å²) in [5, 5.41) is 9.75. The fourth-order valence-corrected chi connectivity index (χ4v) is 1.47. The minimum absolute atomic E-state index is 0.00217. The topological polar surface area (TPSA) is 55.5 Å². The van der Waals surface area contributed by atoms with Crippen molar-refractivity contribution in [2.24, 2.45) is 5.73 Å². The van der Waals surface area contributed by atoms with Crippen LogP contribution in [0.5, 0.6) is 0 Å². The predicted molar refractivity (Wildman–Crippen MR) is 61.5 cm³/mol. The number of ether oxygens (including phenoxy) is 1. The zero-order valence-electron chi connectivity index (χ0n) is 9.31. The molecule has 0 aromatic heterocycles. The van der Waals surface area contributed by atoms with Gasteiger partial charge in [-0.1, -0.05) is 18.2 Å². The van der Waals surface area contributed by atoms with Crippen LogP contribution in [0.2, 0.25) is 0 Å². The van der Waals surface area contributed by atoms with Crippen LogP contribution in [0, 0.1) is 0 Å². The van der Waals surface area contributed by atoms with Crippen LogP contribution in [-0.2, 0) is 4.74 Å². The minimum atomic E-state index is -0.858. The highest BCUT2D eigenvalue weighted by molar-refractivity contribution is 5.32. The van der Waals surface area contributed by atoms with Gasteiger partial charge < -0.3 is 15.6 Å². The molecule has 0 aliphatic heterocycles. The molecule has 0 aromatic rings. The number of methoxy groups -OCH3 is 1. The first-order chi connectivity index (χ1) is 7.03. The van der Waals surface area contributed by atoms with E-state index in [9.17, 15) is 5.11 Å². The average Bonchev–Trinajstić information content (AvgIpc) is 2.28. The van der Waals surface area contributed by atoms with Crippen molar-refractivity contribution >= 4 is 0 Å². The van der Waals surface area contributed by atoms with E-state index in [0.29, 0.717) is 6.61 Å². The number of rotatable bonds is 4. The summed E-state index contributed by atoms with van der Waals surface area (Å²) >= 11 is 0. The largest absolute Gasteiger partial charge is 0.383 e. The molecule has 1 rings (SSSR count). The van der Waals surface area contributed by atoms with Gasteiger partial charge in [-0.15, -0.1) is 0 Å². The number of aliphatic hydroxyl groups is 1. The van der Waals surface area contributed by atoms with Gasteiger partial charge in [0.05, 0.1) is 12.2 Å². The number of hydrogen-bond acceptors (Lipinski definition) is 3. The van der Waals surface area contributed by atoms with Crippen molar-refractivity contribution in [3.8, 4) is 0 Å². The van der Waals surface area contributed by atoms with Gasteiger partial charge >= 0.3 is 0 Å². The Balaban J connectivity index is 2.58. The Labute approximate surface area is 90.9 Å². The van der Waals surface area contributed by atoms with Gasteiger partial charge in [0.25, 0.3) is 0 Å². The van der Waals surface area contributed by atoms with E-state index in [0.717, 1.165) is 12.0 Å². The highest BCUT2D eigenvalue weighted by Crippen LogP contribution is 2.16. The fourth-order valence-electron chi connectivity index (χ4n) is 1.47. The van der Waals surface area contributed by atoms with Crippen molar-refractivity contribution in [3.63, 3.8) is 0 Å². The molecule has 3 heteroatoms. The Hall–Kier alpha value is -0.900. The van der Waals surface area contributed by atoms with Crippen LogP contribution >= 0.6 is 0 Å². The monoisotopic (exact) mass is 209 g/mol. The summed E-state index contributed by atoms with van der Waals surface area (Å²) in [5.74, 6) is 0. The lowest BCUT2D eigenvalue weighted by atomic mass is 10.0. The van der Waals surface area contributed by atoms with Crippen molar-refractivity contribution in [2.45, 2.75) is 25.0 Å². The lowest BCUT2D eigenvalue weighted by Gasteiger charge is -2.12. The Morgan fingerprint density at radius 2 is 2.27 bits per heavy atom. The minimum Gasteiger partial charge on any atom is -0.383 e. The maximum Gasteiger partial charge on any atom is 0.0986 e. The second-order valence-corrected chi connectivity index (χ2v) is 4.08. The molecule has 3 nitrogen and oxygen atoms in total. The molecule has 1 aliphatic carbocycles. The Kier molecular flexibility index (Phi) is 4.27. The van der Waals surface area contributed by atoms with Gasteiger partial charge in [0.2, 0.25) is 0 Å². The SMILES string of the molecule is COCC(N)CC1=CC=CC(C)(O)C=C1. The molecule has 0 fully saturated rings. The molecule has 1 aliphatic rings. The molecule has 2 unspecified atom stereocenters. The fraction of sp³-hybridized carbons (Fsp3) is 0.500. The third-order valence-electron chi connectivity index (χ3n) is 2.26. The van der Waals surface area contributed by atoms with Crippen molar-refractivity contribution in [2.75, 3.05) is 13.7 Å². The molecule has 0 spiro atoms. The lowest BCUT2D eigenvalue weighted by Crippen LogP contribution is -2.25. The smallest absolute Gasteiger partial charge is 0.0986 e. The van der Waals surface area contributed by atoms with Crippen molar-refractivity contribution in [1.82, 2.24) is 0 Å². The highest BCUT2D eigenvalue weighted by atomic mass is 16.5. The molecule has 0 bridgehead atoms. The van der Waals surface area contributed by atoms with Gasteiger partial charge in [-0.3, -0.25) is 0 Å². The molecule has 2 atom stereocenters. The zero-order valence-corrected chi connectivity index (χ0v) is 9.31. The van der Waals surface area contributed by atoms with E-state index in [1.54, 1.807) is 26.2 Å². The first-order valence-corrected chi connectivity index (χ1v) is 5.08. The molecule has 84 valence electrons. The third kappa shape index (κ3) is 4.42. The van der Waals surface area contributed by atoms with Crippen LogP contribution in [-0.4, -0.2) is 30.5 Å². The molecule has 0 heterocycles. The average molecular weight is 209 g/mol. The van der Waals surface area contributed by atoms with Gasteiger partial charge in [-0.2, -0.15) is 0 Å². The Morgan fingerprint density at radius 3 is 2.93 bits per heavy atom. The zero-order chi connectivity index (χ0) is 11.3. The molecular formula is C12H19NO2. The predicted octanol–water partition coefficient (Wildman–Crippen LogP) is 1.15. The van der Waals surface area contributed by atoms with E-state index in [4.69, 9.17) is 10.5 Å². The van der Waals surface area contributed by atoms with Gasteiger partial charge in [0.15, 0.2) is 0 Å². The molecular weight excluding hydrogens is 190 g/mol. The summed E-state index contributed by atoms with van der Waals surface area (Å²) in [6.07, 6.45) is 10.0. The Morgan fingerprint density at radius 1 is 1.53 bits per heavy atom. The van der Waals surface area contributed by atoms with Gasteiger partial charge in [0, 0.05) is 13.2 Å². The standard InChI is InChI=1S/C12H19NO2/c1-12(14)6-3-4-10(5-7-12)8-11(13)9-15-2/h3-7,11,14H,8-9,13H2,1-2H3. The maximum atomic E-state index is 9.75. The van der Waals surface area contributed by atoms with Crippen molar-refractivity contribution in [1.29, 1.82) is 0 Å². The molecule has 0 radical (unpaired) electrons. The molecule has 15 heavy (non-hydrogen) atoms. The molecule has 0 saturated heterocycles. The van der Waals surface area contributed by atoms with E-state index in [1.165, 1.54) is 0 Å². The van der Waals surface area contributed by atoms with E-state index < -0.39 is 5.60 Å². The van der Waals surface area contributed by atoms with E-state index in [1.807, 2.05) is 18.2 Å². The van der Waals surface area contributed by atoms with E-state index in [2.05, 4.69) is 0 Å². The second kappa shape index (κ2) is 5.26. The summed E-state index contributed by atoms with van der Waals surface area (Å²) in [5.41, 5.74) is 6.09. The normalized spacial score (nSPS) is 27.3. The van der Waals surface area contributed by atoms with Crippen molar-refractivity contribution < 1.29 is 9.84 Å². The summed E-state index contributed by atoms with van der Waals surface area (Å²) in [7, 11) is 1.64. The van der Waals surface area contributed by atoms with Crippen LogP contribution < -0.4 is 5.73 Å². The van der Waals surface area contributed by atoms with E-state index >= 15 is 0 Å². The molecule has 3 N–H and O–H groups in total. The van der Waals surface area contributed by atoms with E-state index in [-0.39, 0.29) is 6.04 Å². The van der Waals surface area contributed by atoms with Crippen LogP contribution in [0.1, 0.15) is 13.3 Å². The number of nitrogens with two attached hydrogens (primary N) is 1. The molecule has 0 amide bonds. The highest BCUT2D eigenvalue weighted by Gasteiger charge is 2.13. The van der Waals surface area contributed by atoms with Gasteiger partial charge in [-0.25, -0.2) is 0 Å². The quantitative estimate of drug-likeness (QED) is 0.730. The molecule has 0 aromatic carbocycles. The van der Waals surface area contributed by atoms with Gasteiger partial charge in [-0.05, 0) is 31.1 Å². The second-order valence-electron chi connectivity index (χ2n) is 4.08. The number of allylic oxidation sites excluding steroid dienone is 3. The summed E-state index contributed by atoms with van der Waals surface area (Å²) in [6.45, 7) is 2.29. The van der Waals surface area contributed by atoms with Crippen LogP contribution in [0.4, 0.5) is 0 Å².